The van der Waals surface area contributed by atoms with Crippen molar-refractivity contribution in [3.05, 3.63) is 35.4 Å². The maximum absolute atomic E-state index is 12.9. The molecule has 6 heteroatoms. The Kier molecular flexibility index (Phi) is 4.76. The van der Waals surface area contributed by atoms with E-state index in [-0.39, 0.29) is 5.56 Å². The van der Waals surface area contributed by atoms with E-state index in [1.165, 1.54) is 7.11 Å². The smallest absolute Gasteiger partial charge is 0.328 e. The van der Waals surface area contributed by atoms with Crippen LogP contribution >= 0.6 is 0 Å². The van der Waals surface area contributed by atoms with Crippen LogP contribution in [0, 0.1) is 11.6 Å². The average Bonchev–Trinajstić information content (AvgIpc) is 2.33. The first-order chi connectivity index (χ1) is 8.47. The number of methoxy groups -OCH3 is 1. The lowest BCUT2D eigenvalue weighted by Gasteiger charge is -2.14. The number of hydrogen-bond donors (Lipinski definition) is 1. The second-order valence-corrected chi connectivity index (χ2v) is 3.62. The van der Waals surface area contributed by atoms with Gasteiger partial charge in [0.15, 0.2) is 0 Å². The van der Waals surface area contributed by atoms with Crippen LogP contribution in [0.3, 0.4) is 0 Å². The number of amides is 1. The number of hydrogen-bond acceptors (Lipinski definition) is 3. The van der Waals surface area contributed by atoms with Gasteiger partial charge in [-0.25, -0.2) is 13.6 Å². The number of nitrogens with one attached hydrogen (secondary N) is 1. The summed E-state index contributed by atoms with van der Waals surface area (Å²) in [6.45, 7) is 1.67. The van der Waals surface area contributed by atoms with Gasteiger partial charge in [-0.05, 0) is 18.6 Å². The number of halogens is 2. The minimum Gasteiger partial charge on any atom is -0.467 e. The highest BCUT2D eigenvalue weighted by atomic mass is 19.1. The van der Waals surface area contributed by atoms with Gasteiger partial charge in [-0.15, -0.1) is 0 Å². The number of ether oxygens (including phenoxy) is 1. The number of benzene rings is 1. The first-order valence-corrected chi connectivity index (χ1v) is 5.32. The minimum atomic E-state index is -0.855. The van der Waals surface area contributed by atoms with E-state index in [1.807, 2.05) is 0 Å². The molecule has 1 N–H and O–H groups in total. The van der Waals surface area contributed by atoms with E-state index >= 15 is 0 Å². The molecule has 1 aromatic rings. The SMILES string of the molecule is CC[C@H](NC(=O)c1cc(F)cc(F)c1)C(=O)OC. The van der Waals surface area contributed by atoms with Crippen molar-refractivity contribution in [1.29, 1.82) is 0 Å². The average molecular weight is 257 g/mol. The van der Waals surface area contributed by atoms with Crippen molar-refractivity contribution < 1.29 is 23.1 Å². The van der Waals surface area contributed by atoms with Gasteiger partial charge in [-0.3, -0.25) is 4.79 Å². The normalized spacial score (nSPS) is 11.8. The van der Waals surface area contributed by atoms with E-state index in [9.17, 15) is 18.4 Å². The summed E-state index contributed by atoms with van der Waals surface area (Å²) in [5.41, 5.74) is -0.185. The molecule has 0 spiro atoms. The quantitative estimate of drug-likeness (QED) is 0.834. The van der Waals surface area contributed by atoms with E-state index in [1.54, 1.807) is 6.92 Å². The Bertz CT molecular complexity index is 442. The Morgan fingerprint density at radius 3 is 2.28 bits per heavy atom. The molecule has 1 atom stereocenters. The standard InChI is InChI=1S/C12H13F2NO3/c1-3-10(12(17)18-2)15-11(16)7-4-8(13)6-9(14)5-7/h4-6,10H,3H2,1-2H3,(H,15,16)/t10-/m0/s1. The molecular weight excluding hydrogens is 244 g/mol. The molecule has 1 aromatic carbocycles. The van der Waals surface area contributed by atoms with E-state index in [2.05, 4.69) is 10.1 Å². The summed E-state index contributed by atoms with van der Waals surface area (Å²) in [5.74, 6) is -3.05. The van der Waals surface area contributed by atoms with Gasteiger partial charge in [0.1, 0.15) is 17.7 Å². The van der Waals surface area contributed by atoms with Crippen molar-refractivity contribution >= 4 is 11.9 Å². The van der Waals surface area contributed by atoms with Gasteiger partial charge < -0.3 is 10.1 Å². The predicted molar refractivity (Wildman–Crippen MR) is 59.9 cm³/mol. The molecule has 0 aliphatic rings. The fourth-order valence-corrected chi connectivity index (χ4v) is 1.40. The minimum absolute atomic E-state index is 0.185. The fourth-order valence-electron chi connectivity index (χ4n) is 1.40. The zero-order chi connectivity index (χ0) is 13.7. The first-order valence-electron chi connectivity index (χ1n) is 5.32. The molecule has 0 bridgehead atoms. The number of carbonyl (C=O) groups excluding carboxylic acids is 2. The molecule has 0 radical (unpaired) electrons. The third-order valence-electron chi connectivity index (χ3n) is 2.32. The topological polar surface area (TPSA) is 55.4 Å². The Labute approximate surface area is 103 Å². The maximum Gasteiger partial charge on any atom is 0.328 e. The van der Waals surface area contributed by atoms with Crippen molar-refractivity contribution in [2.45, 2.75) is 19.4 Å². The molecule has 0 saturated carbocycles. The largest absolute Gasteiger partial charge is 0.467 e. The summed E-state index contributed by atoms with van der Waals surface area (Å²) in [4.78, 5) is 22.9. The summed E-state index contributed by atoms with van der Waals surface area (Å²) in [5, 5.41) is 2.34. The first kappa shape index (κ1) is 14.1. The zero-order valence-electron chi connectivity index (χ0n) is 10.00. The molecule has 98 valence electrons. The number of esters is 1. The van der Waals surface area contributed by atoms with Gasteiger partial charge in [0, 0.05) is 11.6 Å². The molecule has 1 rings (SSSR count). The Hall–Kier alpha value is -1.98. The molecule has 0 unspecified atom stereocenters. The van der Waals surface area contributed by atoms with Crippen LogP contribution in [0.15, 0.2) is 18.2 Å². The molecule has 0 fully saturated rings. The van der Waals surface area contributed by atoms with Gasteiger partial charge in [0.05, 0.1) is 7.11 Å². The van der Waals surface area contributed by atoms with Crippen molar-refractivity contribution in [3.8, 4) is 0 Å². The Balaban J connectivity index is 2.84. The van der Waals surface area contributed by atoms with Gasteiger partial charge in [-0.2, -0.15) is 0 Å². The van der Waals surface area contributed by atoms with Crippen LogP contribution in [0.1, 0.15) is 23.7 Å². The Morgan fingerprint density at radius 1 is 1.28 bits per heavy atom. The zero-order valence-corrected chi connectivity index (χ0v) is 10.00. The van der Waals surface area contributed by atoms with Crippen LogP contribution in [-0.4, -0.2) is 25.0 Å². The molecule has 0 aromatic heterocycles. The molecule has 4 nitrogen and oxygen atoms in total. The Morgan fingerprint density at radius 2 is 1.83 bits per heavy atom. The van der Waals surface area contributed by atoms with Crippen molar-refractivity contribution in [2.24, 2.45) is 0 Å². The summed E-state index contributed by atoms with van der Waals surface area (Å²) in [6, 6.07) is 1.60. The van der Waals surface area contributed by atoms with E-state index < -0.39 is 29.6 Å². The monoisotopic (exact) mass is 257 g/mol. The van der Waals surface area contributed by atoms with Crippen molar-refractivity contribution in [1.82, 2.24) is 5.32 Å². The molecular formula is C12H13F2NO3. The van der Waals surface area contributed by atoms with Crippen LogP contribution in [-0.2, 0) is 9.53 Å². The van der Waals surface area contributed by atoms with Gasteiger partial charge in [0.25, 0.3) is 5.91 Å². The van der Waals surface area contributed by atoms with Crippen LogP contribution in [0.4, 0.5) is 8.78 Å². The third-order valence-corrected chi connectivity index (χ3v) is 2.32. The summed E-state index contributed by atoms with van der Waals surface area (Å²) in [7, 11) is 1.19. The molecule has 0 aliphatic carbocycles. The highest BCUT2D eigenvalue weighted by molar-refractivity contribution is 5.96. The molecule has 1 amide bonds. The van der Waals surface area contributed by atoms with E-state index in [0.29, 0.717) is 12.5 Å². The molecule has 0 aliphatic heterocycles. The van der Waals surface area contributed by atoms with Crippen LogP contribution in [0.5, 0.6) is 0 Å². The summed E-state index contributed by atoms with van der Waals surface area (Å²) in [6.07, 6.45) is 0.316. The van der Waals surface area contributed by atoms with Crippen LogP contribution in [0.2, 0.25) is 0 Å². The van der Waals surface area contributed by atoms with E-state index in [0.717, 1.165) is 12.1 Å². The lowest BCUT2D eigenvalue weighted by atomic mass is 10.1. The van der Waals surface area contributed by atoms with Crippen molar-refractivity contribution in [2.75, 3.05) is 7.11 Å². The lowest BCUT2D eigenvalue weighted by Crippen LogP contribution is -2.41. The highest BCUT2D eigenvalue weighted by Gasteiger charge is 2.20. The fraction of sp³-hybridized carbons (Fsp3) is 0.333. The highest BCUT2D eigenvalue weighted by Crippen LogP contribution is 2.08. The van der Waals surface area contributed by atoms with Gasteiger partial charge >= 0.3 is 5.97 Å². The lowest BCUT2D eigenvalue weighted by molar-refractivity contribution is -0.142. The maximum atomic E-state index is 12.9. The van der Waals surface area contributed by atoms with Crippen LogP contribution < -0.4 is 5.32 Å². The number of rotatable bonds is 4. The van der Waals surface area contributed by atoms with Crippen molar-refractivity contribution in [3.63, 3.8) is 0 Å². The predicted octanol–water partition coefficient (Wildman–Crippen LogP) is 1.65. The second kappa shape index (κ2) is 6.09. The van der Waals surface area contributed by atoms with Gasteiger partial charge in [0.2, 0.25) is 0 Å². The second-order valence-electron chi connectivity index (χ2n) is 3.62. The third kappa shape index (κ3) is 3.51. The van der Waals surface area contributed by atoms with E-state index in [4.69, 9.17) is 0 Å². The summed E-state index contributed by atoms with van der Waals surface area (Å²) >= 11 is 0. The molecule has 0 heterocycles. The van der Waals surface area contributed by atoms with Gasteiger partial charge in [-0.1, -0.05) is 6.92 Å². The molecule has 0 saturated heterocycles. The summed E-state index contributed by atoms with van der Waals surface area (Å²) < 4.78 is 30.3. The molecule has 18 heavy (non-hydrogen) atoms. The van der Waals surface area contributed by atoms with Crippen LogP contribution in [0.25, 0.3) is 0 Å². The number of carbonyl (C=O) groups is 2.